The van der Waals surface area contributed by atoms with Gasteiger partial charge >= 0.3 is 0 Å². The molecule has 0 fully saturated rings. The van der Waals surface area contributed by atoms with E-state index in [1.165, 1.54) is 11.3 Å². The molecule has 0 amide bonds. The molecule has 1 N–H and O–H groups in total. The van der Waals surface area contributed by atoms with Crippen LogP contribution in [0.2, 0.25) is 5.15 Å². The van der Waals surface area contributed by atoms with Gasteiger partial charge in [-0.3, -0.25) is 0 Å². The van der Waals surface area contributed by atoms with Crippen LogP contribution in [0.15, 0.2) is 0 Å². The number of hydrogen-bond acceptors (Lipinski definition) is 5. The van der Waals surface area contributed by atoms with Crippen molar-refractivity contribution in [3.8, 4) is 6.07 Å². The fraction of sp³-hybridized carbons (Fsp3) is 0.500. The van der Waals surface area contributed by atoms with Gasteiger partial charge in [0.2, 0.25) is 0 Å². The van der Waals surface area contributed by atoms with E-state index >= 15 is 0 Å². The van der Waals surface area contributed by atoms with E-state index in [4.69, 9.17) is 21.6 Å². The number of thiazole rings is 1. The first kappa shape index (κ1) is 11.2. The zero-order valence-corrected chi connectivity index (χ0v) is 9.45. The molecule has 0 saturated carbocycles. The van der Waals surface area contributed by atoms with Gasteiger partial charge in [0.15, 0.2) is 10.3 Å². The van der Waals surface area contributed by atoms with Crippen molar-refractivity contribution in [1.29, 1.82) is 5.26 Å². The molecule has 0 aliphatic rings. The molecule has 0 aliphatic carbocycles. The third-order valence-electron chi connectivity index (χ3n) is 1.47. The minimum atomic E-state index is 0.147. The lowest BCUT2D eigenvalue weighted by atomic mass is 10.4. The summed E-state index contributed by atoms with van der Waals surface area (Å²) < 4.78 is 4.96. The summed E-state index contributed by atoms with van der Waals surface area (Å²) in [5.74, 6) is 0. The number of ether oxygens (including phenoxy) is 1. The predicted molar refractivity (Wildman–Crippen MR) is 56.8 cm³/mol. The minimum absolute atomic E-state index is 0.147. The average Bonchev–Trinajstić information content (AvgIpc) is 2.46. The summed E-state index contributed by atoms with van der Waals surface area (Å²) in [4.78, 5) is 4.43. The summed E-state index contributed by atoms with van der Waals surface area (Å²) in [7, 11) is 1.63. The molecule has 0 unspecified atom stereocenters. The lowest BCUT2D eigenvalue weighted by Gasteiger charge is -2.10. The Bertz CT molecular complexity index is 347. The van der Waals surface area contributed by atoms with Gasteiger partial charge in [-0.15, -0.1) is 0 Å². The van der Waals surface area contributed by atoms with E-state index in [9.17, 15) is 0 Å². The van der Waals surface area contributed by atoms with Gasteiger partial charge in [0.25, 0.3) is 0 Å². The summed E-state index contributed by atoms with van der Waals surface area (Å²) in [5, 5.41) is 12.6. The standard InChI is InChI=1S/C8H10ClN3OS/c1-5(4-13-2)11-8-12-7(9)6(3-10)14-8/h5H,4H2,1-2H3,(H,11,12)/t5-/m1/s1. The molecule has 0 saturated heterocycles. The third-order valence-corrected chi connectivity index (χ3v) is 2.75. The molecule has 14 heavy (non-hydrogen) atoms. The number of anilines is 1. The first-order valence-electron chi connectivity index (χ1n) is 3.99. The van der Waals surface area contributed by atoms with Crippen LogP contribution in [0.1, 0.15) is 11.8 Å². The van der Waals surface area contributed by atoms with E-state index in [2.05, 4.69) is 10.3 Å². The van der Waals surface area contributed by atoms with Crippen molar-refractivity contribution in [2.45, 2.75) is 13.0 Å². The van der Waals surface area contributed by atoms with Gasteiger partial charge in [-0.2, -0.15) is 5.26 Å². The van der Waals surface area contributed by atoms with Crippen LogP contribution >= 0.6 is 22.9 Å². The molecule has 1 rings (SSSR count). The number of hydrogen-bond donors (Lipinski definition) is 1. The minimum Gasteiger partial charge on any atom is -0.383 e. The topological polar surface area (TPSA) is 57.9 Å². The summed E-state index contributed by atoms with van der Waals surface area (Å²) in [5.41, 5.74) is 0. The van der Waals surface area contributed by atoms with Crippen molar-refractivity contribution < 1.29 is 4.74 Å². The summed E-state index contributed by atoms with van der Waals surface area (Å²) >= 11 is 6.95. The quantitative estimate of drug-likeness (QED) is 0.863. The van der Waals surface area contributed by atoms with Crippen LogP contribution in [0.25, 0.3) is 0 Å². The highest BCUT2D eigenvalue weighted by Crippen LogP contribution is 2.26. The van der Waals surface area contributed by atoms with E-state index in [-0.39, 0.29) is 11.2 Å². The zero-order valence-electron chi connectivity index (χ0n) is 7.87. The fourth-order valence-electron chi connectivity index (χ4n) is 0.935. The van der Waals surface area contributed by atoms with Gasteiger partial charge in [-0.05, 0) is 6.92 Å². The van der Waals surface area contributed by atoms with Gasteiger partial charge in [0.1, 0.15) is 10.9 Å². The molecule has 1 aromatic rings. The smallest absolute Gasteiger partial charge is 0.185 e. The number of aromatic nitrogens is 1. The molecule has 4 nitrogen and oxygen atoms in total. The molecule has 76 valence electrons. The second-order valence-corrected chi connectivity index (χ2v) is 4.11. The van der Waals surface area contributed by atoms with E-state index < -0.39 is 0 Å². The average molecular weight is 232 g/mol. The Hall–Kier alpha value is -0.830. The number of nitrogens with one attached hydrogen (secondary N) is 1. The van der Waals surface area contributed by atoms with Gasteiger partial charge < -0.3 is 10.1 Å². The molecule has 1 aromatic heterocycles. The number of nitrogens with zero attached hydrogens (tertiary/aromatic N) is 2. The second kappa shape index (κ2) is 5.15. The number of nitriles is 1. The summed E-state index contributed by atoms with van der Waals surface area (Å²) in [6.07, 6.45) is 0. The second-order valence-electron chi connectivity index (χ2n) is 2.75. The highest BCUT2D eigenvalue weighted by atomic mass is 35.5. The Morgan fingerprint density at radius 3 is 3.00 bits per heavy atom. The Labute approximate surface area is 91.5 Å². The van der Waals surface area contributed by atoms with Gasteiger partial charge in [-0.1, -0.05) is 22.9 Å². The largest absolute Gasteiger partial charge is 0.383 e. The number of halogens is 1. The molecule has 0 bridgehead atoms. The molecule has 0 aromatic carbocycles. The van der Waals surface area contributed by atoms with E-state index in [1.807, 2.05) is 13.0 Å². The summed E-state index contributed by atoms with van der Waals surface area (Å²) in [6, 6.07) is 2.12. The van der Waals surface area contributed by atoms with Crippen LogP contribution in [0.5, 0.6) is 0 Å². The van der Waals surface area contributed by atoms with E-state index in [0.717, 1.165) is 0 Å². The zero-order chi connectivity index (χ0) is 10.6. The number of methoxy groups -OCH3 is 1. The first-order valence-corrected chi connectivity index (χ1v) is 5.18. The van der Waals surface area contributed by atoms with Crippen molar-refractivity contribution in [3.05, 3.63) is 10.0 Å². The predicted octanol–water partition coefficient (Wildman–Crippen LogP) is 2.11. The Balaban J connectivity index is 2.64. The van der Waals surface area contributed by atoms with Gasteiger partial charge in [-0.25, -0.2) is 4.98 Å². The monoisotopic (exact) mass is 231 g/mol. The van der Waals surface area contributed by atoms with Gasteiger partial charge in [0, 0.05) is 13.2 Å². The van der Waals surface area contributed by atoms with E-state index in [1.54, 1.807) is 7.11 Å². The van der Waals surface area contributed by atoms with Crippen LogP contribution in [0.4, 0.5) is 5.13 Å². The molecular weight excluding hydrogens is 222 g/mol. The normalized spacial score (nSPS) is 12.1. The Kier molecular flexibility index (Phi) is 4.14. The van der Waals surface area contributed by atoms with E-state index in [0.29, 0.717) is 16.6 Å². The van der Waals surface area contributed by atoms with Crippen molar-refractivity contribution >= 4 is 28.1 Å². The van der Waals surface area contributed by atoms with Crippen LogP contribution < -0.4 is 5.32 Å². The van der Waals surface area contributed by atoms with Crippen LogP contribution in [0, 0.1) is 11.3 Å². The Morgan fingerprint density at radius 2 is 2.50 bits per heavy atom. The maximum Gasteiger partial charge on any atom is 0.185 e. The maximum absolute atomic E-state index is 8.65. The summed E-state index contributed by atoms with van der Waals surface area (Å²) in [6.45, 7) is 2.55. The van der Waals surface area contributed by atoms with Crippen molar-refractivity contribution in [3.63, 3.8) is 0 Å². The molecule has 0 spiro atoms. The maximum atomic E-state index is 8.65. The highest BCUT2D eigenvalue weighted by molar-refractivity contribution is 7.16. The fourth-order valence-corrected chi connectivity index (χ4v) is 1.99. The van der Waals surface area contributed by atoms with Crippen LogP contribution in [-0.4, -0.2) is 24.7 Å². The molecule has 0 aliphatic heterocycles. The highest BCUT2D eigenvalue weighted by Gasteiger charge is 2.10. The van der Waals surface area contributed by atoms with Crippen LogP contribution in [-0.2, 0) is 4.74 Å². The lowest BCUT2D eigenvalue weighted by molar-refractivity contribution is 0.190. The molecular formula is C8H10ClN3OS. The van der Waals surface area contributed by atoms with Crippen molar-refractivity contribution in [1.82, 2.24) is 4.98 Å². The molecule has 0 radical (unpaired) electrons. The molecule has 1 heterocycles. The number of rotatable bonds is 4. The van der Waals surface area contributed by atoms with Crippen molar-refractivity contribution in [2.24, 2.45) is 0 Å². The third kappa shape index (κ3) is 2.84. The van der Waals surface area contributed by atoms with Crippen LogP contribution in [0.3, 0.4) is 0 Å². The van der Waals surface area contributed by atoms with Crippen molar-refractivity contribution in [2.75, 3.05) is 19.0 Å². The first-order chi connectivity index (χ1) is 6.67. The molecule has 6 heteroatoms. The molecule has 1 atom stereocenters. The SMILES string of the molecule is COC[C@@H](C)Nc1nc(Cl)c(C#N)s1. The lowest BCUT2D eigenvalue weighted by Crippen LogP contribution is -2.20. The van der Waals surface area contributed by atoms with Gasteiger partial charge in [0.05, 0.1) is 6.61 Å². The Morgan fingerprint density at radius 1 is 1.79 bits per heavy atom.